The monoisotopic (exact) mass is 357 g/mol. The Kier molecular flexibility index (Phi) is 4.68. The second-order valence-corrected chi connectivity index (χ2v) is 6.32. The number of ether oxygens (including phenoxy) is 2. The number of benzene rings is 2. The Morgan fingerprint density at radius 1 is 1.04 bits per heavy atom. The molecule has 0 saturated heterocycles. The lowest BCUT2D eigenvalue weighted by Crippen LogP contribution is -2.55. The SMILES string of the molecule is COC(=O)C1(C(=O)OC)Cc2ccccc2N(C)C1c1ccc(F)cc1. The number of rotatable bonds is 3. The van der Waals surface area contributed by atoms with Gasteiger partial charge in [-0.1, -0.05) is 30.3 Å². The van der Waals surface area contributed by atoms with E-state index in [1.54, 1.807) is 19.2 Å². The van der Waals surface area contributed by atoms with E-state index in [0.717, 1.165) is 11.3 Å². The topological polar surface area (TPSA) is 55.8 Å². The minimum Gasteiger partial charge on any atom is -0.468 e. The van der Waals surface area contributed by atoms with E-state index < -0.39 is 29.2 Å². The predicted octanol–water partition coefficient (Wildman–Crippen LogP) is 2.89. The van der Waals surface area contributed by atoms with E-state index in [4.69, 9.17) is 9.47 Å². The zero-order valence-corrected chi connectivity index (χ0v) is 14.9. The van der Waals surface area contributed by atoms with Crippen molar-refractivity contribution in [2.24, 2.45) is 5.41 Å². The number of methoxy groups -OCH3 is 2. The molecule has 2 aromatic rings. The molecule has 0 spiro atoms. The molecular weight excluding hydrogens is 337 g/mol. The highest BCUT2D eigenvalue weighted by Gasteiger charge is 2.59. The van der Waals surface area contributed by atoms with Crippen LogP contribution in [0.1, 0.15) is 17.2 Å². The van der Waals surface area contributed by atoms with Gasteiger partial charge >= 0.3 is 11.9 Å². The van der Waals surface area contributed by atoms with Gasteiger partial charge < -0.3 is 14.4 Å². The highest BCUT2D eigenvalue weighted by atomic mass is 19.1. The third kappa shape index (κ3) is 2.62. The van der Waals surface area contributed by atoms with Gasteiger partial charge in [-0.25, -0.2) is 4.39 Å². The van der Waals surface area contributed by atoms with E-state index in [1.807, 2.05) is 29.2 Å². The van der Waals surface area contributed by atoms with E-state index in [2.05, 4.69) is 0 Å². The number of nitrogens with zero attached hydrogens (tertiary/aromatic N) is 1. The fourth-order valence-corrected chi connectivity index (χ4v) is 3.84. The summed E-state index contributed by atoms with van der Waals surface area (Å²) in [6.07, 6.45) is 0.134. The van der Waals surface area contributed by atoms with Crippen molar-refractivity contribution in [3.8, 4) is 0 Å². The number of carbonyl (C=O) groups excluding carboxylic acids is 2. The van der Waals surface area contributed by atoms with Crippen LogP contribution in [0.5, 0.6) is 0 Å². The molecule has 0 N–H and O–H groups in total. The summed E-state index contributed by atoms with van der Waals surface area (Å²) >= 11 is 0. The van der Waals surface area contributed by atoms with Crippen molar-refractivity contribution < 1.29 is 23.5 Å². The first-order valence-electron chi connectivity index (χ1n) is 8.18. The smallest absolute Gasteiger partial charge is 0.326 e. The summed E-state index contributed by atoms with van der Waals surface area (Å²) in [5.41, 5.74) is 0.762. The fraction of sp³-hybridized carbons (Fsp3) is 0.300. The van der Waals surface area contributed by atoms with E-state index in [-0.39, 0.29) is 6.42 Å². The van der Waals surface area contributed by atoms with Crippen LogP contribution in [0, 0.1) is 11.2 Å². The first-order chi connectivity index (χ1) is 12.5. The van der Waals surface area contributed by atoms with Crippen molar-refractivity contribution in [2.45, 2.75) is 12.5 Å². The summed E-state index contributed by atoms with van der Waals surface area (Å²) in [4.78, 5) is 27.6. The van der Waals surface area contributed by atoms with Crippen LogP contribution in [0.25, 0.3) is 0 Å². The largest absolute Gasteiger partial charge is 0.468 e. The number of anilines is 1. The van der Waals surface area contributed by atoms with Crippen molar-refractivity contribution in [1.29, 1.82) is 0 Å². The molecular formula is C20H20FNO4. The minimum absolute atomic E-state index is 0.134. The molecule has 0 saturated carbocycles. The first kappa shape index (κ1) is 17.9. The summed E-state index contributed by atoms with van der Waals surface area (Å²) in [6, 6.07) is 12.6. The number of esters is 2. The molecule has 1 atom stereocenters. The van der Waals surface area contributed by atoms with Gasteiger partial charge in [-0.15, -0.1) is 0 Å². The Morgan fingerprint density at radius 3 is 2.19 bits per heavy atom. The first-order valence-corrected chi connectivity index (χ1v) is 8.18. The van der Waals surface area contributed by atoms with Crippen molar-refractivity contribution in [3.63, 3.8) is 0 Å². The molecule has 0 fully saturated rings. The van der Waals surface area contributed by atoms with Gasteiger partial charge in [0.05, 0.1) is 20.3 Å². The second kappa shape index (κ2) is 6.78. The molecule has 2 aromatic carbocycles. The third-order valence-corrected chi connectivity index (χ3v) is 4.98. The average molecular weight is 357 g/mol. The van der Waals surface area contributed by atoms with Crippen LogP contribution in [0.4, 0.5) is 10.1 Å². The highest BCUT2D eigenvalue weighted by Crippen LogP contribution is 2.50. The molecule has 0 aliphatic carbocycles. The molecule has 0 aromatic heterocycles. The van der Waals surface area contributed by atoms with Gasteiger partial charge in [-0.05, 0) is 29.3 Å². The zero-order chi connectivity index (χ0) is 18.9. The van der Waals surface area contributed by atoms with Gasteiger partial charge in [-0.3, -0.25) is 9.59 Å². The Bertz CT molecular complexity index is 818. The highest BCUT2D eigenvalue weighted by molar-refractivity contribution is 6.03. The van der Waals surface area contributed by atoms with Gasteiger partial charge in [0.1, 0.15) is 5.82 Å². The lowest BCUT2D eigenvalue weighted by molar-refractivity contribution is -0.171. The number of hydrogen-bond acceptors (Lipinski definition) is 5. The molecule has 136 valence electrons. The summed E-state index contributed by atoms with van der Waals surface area (Å²) in [5, 5.41) is 0. The lowest BCUT2D eigenvalue weighted by Gasteiger charge is -2.46. The number of halogens is 1. The Hall–Kier alpha value is -2.89. The number of hydrogen-bond donors (Lipinski definition) is 0. The molecule has 1 aliphatic heterocycles. The third-order valence-electron chi connectivity index (χ3n) is 4.98. The number of para-hydroxylation sites is 1. The molecule has 1 heterocycles. The Labute approximate surface area is 151 Å². The molecule has 1 unspecified atom stereocenters. The average Bonchev–Trinajstić information content (AvgIpc) is 2.67. The molecule has 0 amide bonds. The Morgan fingerprint density at radius 2 is 1.62 bits per heavy atom. The van der Waals surface area contributed by atoms with Crippen molar-refractivity contribution in [2.75, 3.05) is 26.2 Å². The van der Waals surface area contributed by atoms with Crippen LogP contribution in [-0.2, 0) is 25.5 Å². The summed E-state index contributed by atoms with van der Waals surface area (Å²) in [7, 11) is 4.29. The van der Waals surface area contributed by atoms with E-state index in [1.165, 1.54) is 26.4 Å². The lowest BCUT2D eigenvalue weighted by atomic mass is 9.69. The van der Waals surface area contributed by atoms with Crippen LogP contribution in [-0.4, -0.2) is 33.2 Å². The fourth-order valence-electron chi connectivity index (χ4n) is 3.84. The van der Waals surface area contributed by atoms with Crippen molar-refractivity contribution in [1.82, 2.24) is 0 Å². The van der Waals surface area contributed by atoms with Crippen molar-refractivity contribution >= 4 is 17.6 Å². The quantitative estimate of drug-likeness (QED) is 0.625. The van der Waals surface area contributed by atoms with Crippen LogP contribution in [0.2, 0.25) is 0 Å². The van der Waals surface area contributed by atoms with Crippen LogP contribution >= 0.6 is 0 Å². The van der Waals surface area contributed by atoms with Crippen LogP contribution in [0.15, 0.2) is 48.5 Å². The maximum atomic E-state index is 13.4. The van der Waals surface area contributed by atoms with Gasteiger partial charge in [0, 0.05) is 19.2 Å². The number of carbonyl (C=O) groups is 2. The van der Waals surface area contributed by atoms with Crippen molar-refractivity contribution in [3.05, 3.63) is 65.5 Å². The summed E-state index contributed by atoms with van der Waals surface area (Å²) in [5.74, 6) is -1.76. The molecule has 26 heavy (non-hydrogen) atoms. The molecule has 0 radical (unpaired) electrons. The Balaban J connectivity index is 2.28. The summed E-state index contributed by atoms with van der Waals surface area (Å²) < 4.78 is 23.5. The maximum absolute atomic E-state index is 13.4. The normalized spacial score (nSPS) is 18.0. The van der Waals surface area contributed by atoms with Gasteiger partial charge in [0.15, 0.2) is 5.41 Å². The summed E-state index contributed by atoms with van der Waals surface area (Å²) in [6.45, 7) is 0. The van der Waals surface area contributed by atoms with Gasteiger partial charge in [0.2, 0.25) is 0 Å². The molecule has 0 bridgehead atoms. The molecule has 6 heteroatoms. The van der Waals surface area contributed by atoms with E-state index >= 15 is 0 Å². The minimum atomic E-state index is -1.59. The van der Waals surface area contributed by atoms with E-state index in [9.17, 15) is 14.0 Å². The standard InChI is InChI=1S/C20H20FNO4/c1-22-16-7-5-4-6-14(16)12-20(18(23)25-2,19(24)26-3)17(22)13-8-10-15(21)11-9-13/h4-11,17H,12H2,1-3H3. The number of fused-ring (bicyclic) bond motifs is 1. The van der Waals surface area contributed by atoms with Crippen LogP contribution < -0.4 is 4.90 Å². The zero-order valence-electron chi connectivity index (χ0n) is 14.9. The van der Waals surface area contributed by atoms with E-state index in [0.29, 0.717) is 5.56 Å². The second-order valence-electron chi connectivity index (χ2n) is 6.32. The van der Waals surface area contributed by atoms with Gasteiger partial charge in [0.25, 0.3) is 0 Å². The molecule has 3 rings (SSSR count). The van der Waals surface area contributed by atoms with Gasteiger partial charge in [-0.2, -0.15) is 0 Å². The predicted molar refractivity (Wildman–Crippen MR) is 94.2 cm³/mol. The van der Waals surface area contributed by atoms with Crippen LogP contribution in [0.3, 0.4) is 0 Å². The molecule has 5 nitrogen and oxygen atoms in total. The maximum Gasteiger partial charge on any atom is 0.326 e. The molecule has 1 aliphatic rings.